The second kappa shape index (κ2) is 9.43. The van der Waals surface area contributed by atoms with Crippen molar-refractivity contribution in [1.29, 1.82) is 0 Å². The topological polar surface area (TPSA) is 131 Å². The van der Waals surface area contributed by atoms with Crippen LogP contribution in [0, 0.1) is 0 Å². The van der Waals surface area contributed by atoms with Gasteiger partial charge in [0, 0.05) is 6.04 Å². The number of ether oxygens (including phenoxy) is 2. The van der Waals surface area contributed by atoms with Crippen LogP contribution in [0.3, 0.4) is 0 Å². The highest BCUT2D eigenvalue weighted by Crippen LogP contribution is 2.31. The number of benzene rings is 1. The molecule has 0 saturated heterocycles. The van der Waals surface area contributed by atoms with Crippen molar-refractivity contribution in [1.82, 2.24) is 15.5 Å². The molecule has 0 aromatic heterocycles. The molecule has 2 aliphatic heterocycles. The minimum atomic E-state index is -0.752. The highest BCUT2D eigenvalue weighted by molar-refractivity contribution is 6.22. The zero-order valence-corrected chi connectivity index (χ0v) is 18.3. The Balaban J connectivity index is 1.49. The van der Waals surface area contributed by atoms with Crippen molar-refractivity contribution in [3.05, 3.63) is 46.2 Å². The third-order valence-electron chi connectivity index (χ3n) is 6.02. The Hall–Kier alpha value is -3.69. The van der Waals surface area contributed by atoms with Gasteiger partial charge in [0.15, 0.2) is 0 Å². The molecule has 2 heterocycles. The molecule has 174 valence electrons. The molecule has 33 heavy (non-hydrogen) atoms. The Labute approximate surface area is 190 Å². The van der Waals surface area contributed by atoms with Crippen LogP contribution in [0.2, 0.25) is 0 Å². The van der Waals surface area contributed by atoms with Crippen LogP contribution in [0.1, 0.15) is 70.1 Å². The van der Waals surface area contributed by atoms with E-state index in [4.69, 9.17) is 9.47 Å². The van der Waals surface area contributed by atoms with E-state index in [9.17, 15) is 24.0 Å². The summed E-state index contributed by atoms with van der Waals surface area (Å²) < 4.78 is 10.3. The smallest absolute Gasteiger partial charge is 0.338 e. The van der Waals surface area contributed by atoms with Crippen LogP contribution >= 0.6 is 0 Å². The Morgan fingerprint density at radius 2 is 1.73 bits per heavy atom. The van der Waals surface area contributed by atoms with E-state index in [0.717, 1.165) is 32.1 Å². The fraction of sp³-hybridized carbons (Fsp3) is 0.435. The van der Waals surface area contributed by atoms with Gasteiger partial charge in [0.2, 0.25) is 0 Å². The van der Waals surface area contributed by atoms with Crippen molar-refractivity contribution >= 4 is 29.8 Å². The van der Waals surface area contributed by atoms with Gasteiger partial charge in [-0.25, -0.2) is 14.4 Å². The van der Waals surface area contributed by atoms with Crippen LogP contribution < -0.4 is 10.6 Å². The molecule has 1 saturated carbocycles. The van der Waals surface area contributed by atoms with E-state index < -0.39 is 23.9 Å². The number of amides is 4. The lowest BCUT2D eigenvalue weighted by atomic mass is 9.94. The molecule has 1 fully saturated rings. The summed E-state index contributed by atoms with van der Waals surface area (Å²) in [7, 11) is 0. The lowest BCUT2D eigenvalue weighted by Crippen LogP contribution is -2.45. The minimum Gasteiger partial charge on any atom is -0.463 e. The molecule has 0 atom stereocenters. The van der Waals surface area contributed by atoms with Crippen LogP contribution in [0.5, 0.6) is 0 Å². The summed E-state index contributed by atoms with van der Waals surface area (Å²) >= 11 is 0. The second-order valence-electron chi connectivity index (χ2n) is 8.09. The quantitative estimate of drug-likeness (QED) is 0.495. The summed E-state index contributed by atoms with van der Waals surface area (Å²) in [5.41, 5.74) is 0.837. The van der Waals surface area contributed by atoms with E-state index in [1.807, 2.05) is 0 Å². The number of esters is 2. The maximum atomic E-state index is 12.9. The molecule has 1 aromatic rings. The molecule has 2 N–H and O–H groups in total. The molecular weight excluding hydrogens is 430 g/mol. The second-order valence-corrected chi connectivity index (χ2v) is 8.09. The monoisotopic (exact) mass is 455 g/mol. The standard InChI is InChI=1S/C23H25N3O7/c1-2-32-22(30)17-11-24-23(31)25-18(17)12-33-21(29)13-8-9-15-16(10-13)20(28)26(19(15)27)14-6-4-3-5-7-14/h8-10,14H,2-7,11-12H2,1H3,(H2,24,25,31). The molecule has 4 rings (SSSR count). The number of urea groups is 1. The van der Waals surface area contributed by atoms with Crippen molar-refractivity contribution < 1.29 is 33.4 Å². The van der Waals surface area contributed by atoms with Crippen molar-refractivity contribution in [2.24, 2.45) is 0 Å². The molecule has 0 unspecified atom stereocenters. The van der Waals surface area contributed by atoms with Crippen LogP contribution in [-0.2, 0) is 14.3 Å². The average Bonchev–Trinajstić information content (AvgIpc) is 3.07. The molecule has 0 radical (unpaired) electrons. The fourth-order valence-electron chi connectivity index (χ4n) is 4.35. The highest BCUT2D eigenvalue weighted by Gasteiger charge is 2.40. The van der Waals surface area contributed by atoms with Gasteiger partial charge in [-0.2, -0.15) is 0 Å². The van der Waals surface area contributed by atoms with Crippen LogP contribution in [0.4, 0.5) is 4.79 Å². The van der Waals surface area contributed by atoms with Crippen molar-refractivity contribution in [3.8, 4) is 0 Å². The first kappa shape index (κ1) is 22.5. The van der Waals surface area contributed by atoms with Gasteiger partial charge in [0.05, 0.1) is 41.1 Å². The maximum absolute atomic E-state index is 12.9. The van der Waals surface area contributed by atoms with Crippen LogP contribution in [0.15, 0.2) is 29.5 Å². The summed E-state index contributed by atoms with van der Waals surface area (Å²) in [6, 6.07) is 3.61. The number of hydrogen-bond acceptors (Lipinski definition) is 7. The summed E-state index contributed by atoms with van der Waals surface area (Å²) in [6.45, 7) is 1.40. The van der Waals surface area contributed by atoms with Gasteiger partial charge in [-0.15, -0.1) is 0 Å². The van der Waals surface area contributed by atoms with Gasteiger partial charge in [0.25, 0.3) is 11.8 Å². The fourth-order valence-corrected chi connectivity index (χ4v) is 4.35. The van der Waals surface area contributed by atoms with Crippen molar-refractivity contribution in [2.75, 3.05) is 19.8 Å². The summed E-state index contributed by atoms with van der Waals surface area (Å²) in [5.74, 6) is -2.10. The van der Waals surface area contributed by atoms with Gasteiger partial charge < -0.3 is 20.1 Å². The molecule has 3 aliphatic rings. The summed E-state index contributed by atoms with van der Waals surface area (Å²) in [6.07, 6.45) is 4.63. The number of imide groups is 1. The SMILES string of the molecule is CCOC(=O)C1=C(COC(=O)c2ccc3c(c2)C(=O)N(C2CCCCC2)C3=O)NC(=O)NC1. The van der Waals surface area contributed by atoms with Crippen molar-refractivity contribution in [3.63, 3.8) is 0 Å². The van der Waals surface area contributed by atoms with Gasteiger partial charge in [-0.3, -0.25) is 14.5 Å². The predicted octanol–water partition coefficient (Wildman–Crippen LogP) is 1.90. The van der Waals surface area contributed by atoms with E-state index >= 15 is 0 Å². The lowest BCUT2D eigenvalue weighted by molar-refractivity contribution is -0.138. The number of nitrogens with zero attached hydrogens (tertiary/aromatic N) is 1. The zero-order chi connectivity index (χ0) is 23.5. The zero-order valence-electron chi connectivity index (χ0n) is 18.3. The number of rotatable bonds is 6. The Bertz CT molecular complexity index is 1060. The van der Waals surface area contributed by atoms with Gasteiger partial charge in [-0.05, 0) is 38.0 Å². The third kappa shape index (κ3) is 4.46. The van der Waals surface area contributed by atoms with E-state index in [1.165, 1.54) is 23.1 Å². The molecule has 4 amide bonds. The van der Waals surface area contributed by atoms with Gasteiger partial charge in [0.1, 0.15) is 6.61 Å². The first-order valence-corrected chi connectivity index (χ1v) is 11.0. The van der Waals surface area contributed by atoms with E-state index in [1.54, 1.807) is 6.92 Å². The van der Waals surface area contributed by atoms with Gasteiger partial charge in [-0.1, -0.05) is 19.3 Å². The van der Waals surface area contributed by atoms with Crippen LogP contribution in [-0.4, -0.2) is 60.5 Å². The number of carbonyl (C=O) groups is 5. The number of fused-ring (bicyclic) bond motifs is 1. The van der Waals surface area contributed by atoms with E-state index in [2.05, 4.69) is 10.6 Å². The van der Waals surface area contributed by atoms with E-state index in [-0.39, 0.29) is 59.7 Å². The number of carbonyl (C=O) groups excluding carboxylic acids is 5. The number of nitrogens with one attached hydrogen (secondary N) is 2. The molecule has 10 heteroatoms. The molecule has 1 aromatic carbocycles. The summed E-state index contributed by atoms with van der Waals surface area (Å²) in [4.78, 5) is 63.4. The predicted molar refractivity (Wildman–Crippen MR) is 114 cm³/mol. The Morgan fingerprint density at radius 3 is 2.45 bits per heavy atom. The normalized spacial score (nSPS) is 18.6. The van der Waals surface area contributed by atoms with Gasteiger partial charge >= 0.3 is 18.0 Å². The minimum absolute atomic E-state index is 0.0516. The highest BCUT2D eigenvalue weighted by atomic mass is 16.5. The first-order chi connectivity index (χ1) is 15.9. The Morgan fingerprint density at radius 1 is 1.00 bits per heavy atom. The maximum Gasteiger partial charge on any atom is 0.338 e. The average molecular weight is 455 g/mol. The molecular formula is C23H25N3O7. The molecule has 0 bridgehead atoms. The van der Waals surface area contributed by atoms with Crippen LogP contribution in [0.25, 0.3) is 0 Å². The number of hydrogen-bond donors (Lipinski definition) is 2. The summed E-state index contributed by atoms with van der Waals surface area (Å²) in [5, 5.41) is 4.92. The molecule has 0 spiro atoms. The lowest BCUT2D eigenvalue weighted by Gasteiger charge is -2.29. The van der Waals surface area contributed by atoms with E-state index in [0.29, 0.717) is 0 Å². The Kier molecular flexibility index (Phi) is 6.43. The molecule has 1 aliphatic carbocycles. The largest absolute Gasteiger partial charge is 0.463 e. The molecule has 10 nitrogen and oxygen atoms in total. The third-order valence-corrected chi connectivity index (χ3v) is 6.02. The first-order valence-electron chi connectivity index (χ1n) is 11.0. The van der Waals surface area contributed by atoms with Crippen molar-refractivity contribution in [2.45, 2.75) is 45.1 Å².